The number of aromatic nitrogens is 2. The number of amides is 1. The first-order valence-electron chi connectivity index (χ1n) is 7.29. The second-order valence-corrected chi connectivity index (χ2v) is 5.73. The molecular weight excluding hydrogens is 281 g/mol. The second kappa shape index (κ2) is 7.11. The first-order valence-corrected chi connectivity index (χ1v) is 7.29. The van der Waals surface area contributed by atoms with E-state index >= 15 is 0 Å². The van der Waals surface area contributed by atoms with Crippen molar-refractivity contribution in [2.75, 3.05) is 6.54 Å². The highest BCUT2D eigenvalue weighted by molar-refractivity contribution is 5.90. The molecule has 0 saturated carbocycles. The van der Waals surface area contributed by atoms with Gasteiger partial charge in [0.05, 0.1) is 0 Å². The van der Waals surface area contributed by atoms with Gasteiger partial charge in [-0.25, -0.2) is 14.4 Å². The van der Waals surface area contributed by atoms with E-state index in [1.165, 1.54) is 12.1 Å². The molecule has 0 N–H and O–H groups in total. The second-order valence-electron chi connectivity index (χ2n) is 5.73. The van der Waals surface area contributed by atoms with Crippen molar-refractivity contribution in [3.05, 3.63) is 59.4 Å². The molecule has 1 heterocycles. The van der Waals surface area contributed by atoms with Crippen molar-refractivity contribution >= 4 is 5.91 Å². The van der Waals surface area contributed by atoms with Crippen LogP contribution in [0.3, 0.4) is 0 Å². The Hall–Kier alpha value is -2.30. The molecule has 0 bridgehead atoms. The number of hydrogen-bond donors (Lipinski definition) is 0. The van der Waals surface area contributed by atoms with Crippen LogP contribution < -0.4 is 0 Å². The fraction of sp³-hybridized carbons (Fsp3) is 0.353. The number of carbonyl (C=O) groups is 1. The van der Waals surface area contributed by atoms with E-state index in [9.17, 15) is 9.18 Å². The van der Waals surface area contributed by atoms with Crippen molar-refractivity contribution in [1.82, 2.24) is 14.9 Å². The minimum atomic E-state index is -0.304. The summed E-state index contributed by atoms with van der Waals surface area (Å²) >= 11 is 0. The number of aryl methyl sites for hydroxylation is 1. The van der Waals surface area contributed by atoms with Crippen molar-refractivity contribution in [1.29, 1.82) is 0 Å². The fourth-order valence-corrected chi connectivity index (χ4v) is 2.21. The van der Waals surface area contributed by atoms with Crippen molar-refractivity contribution in [3.63, 3.8) is 0 Å². The largest absolute Gasteiger partial charge is 0.331 e. The van der Waals surface area contributed by atoms with Crippen LogP contribution in [-0.4, -0.2) is 27.3 Å². The highest BCUT2D eigenvalue weighted by Crippen LogP contribution is 2.12. The first-order chi connectivity index (χ1) is 10.5. The Morgan fingerprint density at radius 1 is 1.32 bits per heavy atom. The Balaban J connectivity index is 2.23. The third kappa shape index (κ3) is 4.35. The lowest BCUT2D eigenvalue weighted by molar-refractivity contribution is 0.0709. The standard InChI is InChI=1S/C17H20FN3O/c1-12(2)10-21(11-14-5-4-6-15(18)9-14)17(22)16-19-8-7-13(3)20-16/h4-9,12H,10-11H2,1-3H3. The Kier molecular flexibility index (Phi) is 5.20. The van der Waals surface area contributed by atoms with Crippen molar-refractivity contribution in [3.8, 4) is 0 Å². The molecule has 0 radical (unpaired) electrons. The number of nitrogens with zero attached hydrogens (tertiary/aromatic N) is 3. The van der Waals surface area contributed by atoms with Gasteiger partial charge >= 0.3 is 0 Å². The van der Waals surface area contributed by atoms with Gasteiger partial charge in [-0.05, 0) is 36.6 Å². The van der Waals surface area contributed by atoms with Gasteiger partial charge in [-0.3, -0.25) is 4.79 Å². The van der Waals surface area contributed by atoms with Gasteiger partial charge in [-0.1, -0.05) is 26.0 Å². The van der Waals surface area contributed by atoms with Gasteiger partial charge in [0.1, 0.15) is 5.82 Å². The molecule has 22 heavy (non-hydrogen) atoms. The highest BCUT2D eigenvalue weighted by atomic mass is 19.1. The minimum absolute atomic E-state index is 0.178. The molecule has 5 heteroatoms. The Morgan fingerprint density at radius 3 is 2.73 bits per heavy atom. The molecule has 1 aromatic heterocycles. The third-order valence-corrected chi connectivity index (χ3v) is 3.12. The first kappa shape index (κ1) is 16.1. The lowest BCUT2D eigenvalue weighted by Gasteiger charge is -2.24. The minimum Gasteiger partial charge on any atom is -0.331 e. The van der Waals surface area contributed by atoms with E-state index in [4.69, 9.17) is 0 Å². The SMILES string of the molecule is Cc1ccnc(C(=O)N(Cc2cccc(F)c2)CC(C)C)n1. The third-order valence-electron chi connectivity index (χ3n) is 3.12. The van der Waals surface area contributed by atoms with E-state index in [1.54, 1.807) is 29.3 Å². The summed E-state index contributed by atoms with van der Waals surface area (Å²) in [6.45, 7) is 6.78. The predicted octanol–water partition coefficient (Wildman–Crippen LogP) is 3.22. The van der Waals surface area contributed by atoms with Gasteiger partial charge in [-0.2, -0.15) is 0 Å². The molecule has 0 saturated heterocycles. The molecule has 0 aliphatic heterocycles. The van der Waals surface area contributed by atoms with Crippen molar-refractivity contribution in [2.45, 2.75) is 27.3 Å². The van der Waals surface area contributed by atoms with Crippen LogP contribution >= 0.6 is 0 Å². The molecule has 2 aromatic rings. The molecule has 1 amide bonds. The molecule has 116 valence electrons. The van der Waals surface area contributed by atoms with E-state index < -0.39 is 0 Å². The topological polar surface area (TPSA) is 46.1 Å². The maximum atomic E-state index is 13.3. The Morgan fingerprint density at radius 2 is 2.09 bits per heavy atom. The summed E-state index contributed by atoms with van der Waals surface area (Å²) in [5.74, 6) is -0.0673. The summed E-state index contributed by atoms with van der Waals surface area (Å²) in [6, 6.07) is 8.03. The highest BCUT2D eigenvalue weighted by Gasteiger charge is 2.20. The number of hydrogen-bond acceptors (Lipinski definition) is 3. The van der Waals surface area contributed by atoms with Crippen LogP contribution in [0.1, 0.15) is 35.7 Å². The number of carbonyl (C=O) groups excluding carboxylic acids is 1. The van der Waals surface area contributed by atoms with Crippen molar-refractivity contribution < 1.29 is 9.18 Å². The maximum absolute atomic E-state index is 13.3. The van der Waals surface area contributed by atoms with Crippen LogP contribution in [0, 0.1) is 18.7 Å². The number of rotatable bonds is 5. The molecule has 0 atom stereocenters. The zero-order valence-electron chi connectivity index (χ0n) is 13.1. The quantitative estimate of drug-likeness (QED) is 0.852. The summed E-state index contributed by atoms with van der Waals surface area (Å²) in [5, 5.41) is 0. The van der Waals surface area contributed by atoms with Crippen LogP contribution in [0.2, 0.25) is 0 Å². The van der Waals surface area contributed by atoms with E-state index in [0.29, 0.717) is 19.0 Å². The Bertz CT molecular complexity index is 658. The van der Waals surface area contributed by atoms with E-state index in [0.717, 1.165) is 11.3 Å². The molecule has 0 fully saturated rings. The lowest BCUT2D eigenvalue weighted by Crippen LogP contribution is -2.35. The molecule has 0 aliphatic carbocycles. The van der Waals surface area contributed by atoms with Gasteiger partial charge < -0.3 is 4.90 Å². The van der Waals surface area contributed by atoms with Gasteiger partial charge in [0.2, 0.25) is 5.82 Å². The summed E-state index contributed by atoms with van der Waals surface area (Å²) < 4.78 is 13.3. The van der Waals surface area contributed by atoms with Gasteiger partial charge in [0.25, 0.3) is 5.91 Å². The summed E-state index contributed by atoms with van der Waals surface area (Å²) in [7, 11) is 0. The van der Waals surface area contributed by atoms with Crippen LogP contribution in [0.25, 0.3) is 0 Å². The van der Waals surface area contributed by atoms with Crippen LogP contribution in [0.4, 0.5) is 4.39 Å². The monoisotopic (exact) mass is 301 g/mol. The predicted molar refractivity (Wildman–Crippen MR) is 82.7 cm³/mol. The molecular formula is C17H20FN3O. The van der Waals surface area contributed by atoms with E-state index in [-0.39, 0.29) is 17.5 Å². The van der Waals surface area contributed by atoms with E-state index in [2.05, 4.69) is 9.97 Å². The Labute approximate surface area is 130 Å². The zero-order valence-corrected chi connectivity index (χ0v) is 13.1. The molecule has 4 nitrogen and oxygen atoms in total. The van der Waals surface area contributed by atoms with Gasteiger partial charge in [-0.15, -0.1) is 0 Å². The lowest BCUT2D eigenvalue weighted by atomic mass is 10.1. The summed E-state index contributed by atoms with van der Waals surface area (Å²) in [4.78, 5) is 22.5. The molecule has 2 rings (SSSR count). The maximum Gasteiger partial charge on any atom is 0.291 e. The molecule has 0 unspecified atom stereocenters. The molecule has 0 spiro atoms. The average Bonchev–Trinajstić information content (AvgIpc) is 2.45. The zero-order chi connectivity index (χ0) is 16.1. The van der Waals surface area contributed by atoms with Crippen molar-refractivity contribution in [2.24, 2.45) is 5.92 Å². The van der Waals surface area contributed by atoms with Crippen LogP contribution in [-0.2, 0) is 6.54 Å². The average molecular weight is 301 g/mol. The number of benzene rings is 1. The van der Waals surface area contributed by atoms with E-state index in [1.807, 2.05) is 20.8 Å². The summed E-state index contributed by atoms with van der Waals surface area (Å²) in [5.41, 5.74) is 1.50. The molecule has 0 aliphatic rings. The fourth-order valence-electron chi connectivity index (χ4n) is 2.21. The normalized spacial score (nSPS) is 10.8. The molecule has 1 aromatic carbocycles. The smallest absolute Gasteiger partial charge is 0.291 e. The summed E-state index contributed by atoms with van der Waals surface area (Å²) in [6.07, 6.45) is 1.57. The number of halogens is 1. The van der Waals surface area contributed by atoms with Crippen LogP contribution in [0.15, 0.2) is 36.5 Å². The van der Waals surface area contributed by atoms with Crippen LogP contribution in [0.5, 0.6) is 0 Å². The van der Waals surface area contributed by atoms with Gasteiger partial charge in [0.15, 0.2) is 0 Å². The van der Waals surface area contributed by atoms with Gasteiger partial charge in [0, 0.05) is 25.0 Å².